The molecule has 12 nitrogen and oxygen atoms in total. The fourth-order valence-electron chi connectivity index (χ4n) is 3.40. The third-order valence-corrected chi connectivity index (χ3v) is 5.16. The summed E-state index contributed by atoms with van der Waals surface area (Å²) in [6, 6.07) is 16.3. The maximum Gasteiger partial charge on any atom is 0.272 e. The van der Waals surface area contributed by atoms with Gasteiger partial charge in [-0.3, -0.25) is 24.5 Å². The number of carbonyl (C=O) groups is 2. The number of nitro benzene ring substituents is 1. The van der Waals surface area contributed by atoms with E-state index in [1.807, 2.05) is 0 Å². The summed E-state index contributed by atoms with van der Waals surface area (Å²) in [5.74, 6) is -1.96. The van der Waals surface area contributed by atoms with Crippen LogP contribution in [0.1, 0.15) is 27.7 Å². The van der Waals surface area contributed by atoms with Crippen LogP contribution < -0.4 is 21.4 Å². The molecule has 0 saturated carbocycles. The average molecular weight is 485 g/mol. The normalized spacial score (nSPS) is 11.8. The van der Waals surface area contributed by atoms with Gasteiger partial charge in [0.15, 0.2) is 6.04 Å². The van der Waals surface area contributed by atoms with Crippen molar-refractivity contribution in [2.24, 2.45) is 5.10 Å². The lowest BCUT2D eigenvalue weighted by Gasteiger charge is -2.18. The van der Waals surface area contributed by atoms with Crippen molar-refractivity contribution in [3.8, 4) is 5.75 Å². The molecule has 36 heavy (non-hydrogen) atoms. The van der Waals surface area contributed by atoms with E-state index in [1.54, 1.807) is 54.6 Å². The zero-order chi connectivity index (χ0) is 25.7. The fraction of sp³-hybridized carbons (Fsp3) is 0.0417. The van der Waals surface area contributed by atoms with Crippen molar-refractivity contribution in [2.75, 3.05) is 0 Å². The maximum atomic E-state index is 13.1. The molecule has 0 spiro atoms. The molecule has 2 amide bonds. The minimum absolute atomic E-state index is 0.0574. The van der Waals surface area contributed by atoms with Crippen LogP contribution in [0.2, 0.25) is 0 Å². The number of nitro groups is 1. The number of fused-ring (bicyclic) bond motifs is 1. The summed E-state index contributed by atoms with van der Waals surface area (Å²) in [4.78, 5) is 48.5. The van der Waals surface area contributed by atoms with Crippen LogP contribution >= 0.6 is 0 Å². The number of aromatic amines is 1. The zero-order valence-corrected chi connectivity index (χ0v) is 18.4. The molecule has 1 heterocycles. The van der Waals surface area contributed by atoms with Crippen LogP contribution in [0.3, 0.4) is 0 Å². The first-order valence-corrected chi connectivity index (χ1v) is 10.5. The number of amides is 2. The average Bonchev–Trinajstić information content (AvgIpc) is 2.89. The molecule has 0 aliphatic rings. The van der Waals surface area contributed by atoms with Gasteiger partial charge in [0, 0.05) is 23.1 Å². The molecule has 12 heteroatoms. The summed E-state index contributed by atoms with van der Waals surface area (Å²) >= 11 is 0. The van der Waals surface area contributed by atoms with Gasteiger partial charge in [0.25, 0.3) is 23.1 Å². The van der Waals surface area contributed by atoms with Crippen LogP contribution in [0.15, 0.2) is 82.7 Å². The number of aromatic nitrogens is 2. The Morgan fingerprint density at radius 2 is 1.72 bits per heavy atom. The third kappa shape index (κ3) is 5.07. The number of hydrogen-bond donors (Lipinski definition) is 3. The van der Waals surface area contributed by atoms with Crippen molar-refractivity contribution in [1.29, 1.82) is 0 Å². The molecule has 4 aromatic rings. The Kier molecular flexibility index (Phi) is 6.77. The topological polar surface area (TPSA) is 183 Å². The Morgan fingerprint density at radius 1 is 1.03 bits per heavy atom. The molecule has 180 valence electrons. The Hall–Kier alpha value is -5.39. The SMILES string of the molecule is O=C(N[C@H](C(=O)NN=Cc1cc([N+](=O)[O-])ccc1[O-])c1n[nH]c(=O)c2ccccc12)c1ccccc1. The Balaban J connectivity index is 1.67. The van der Waals surface area contributed by atoms with E-state index in [4.69, 9.17) is 0 Å². The predicted molar refractivity (Wildman–Crippen MR) is 127 cm³/mol. The van der Waals surface area contributed by atoms with E-state index >= 15 is 0 Å². The third-order valence-electron chi connectivity index (χ3n) is 5.16. The first kappa shape index (κ1) is 23.8. The molecule has 0 fully saturated rings. The summed E-state index contributed by atoms with van der Waals surface area (Å²) in [6.45, 7) is 0. The lowest BCUT2D eigenvalue weighted by molar-refractivity contribution is -0.385. The van der Waals surface area contributed by atoms with E-state index in [2.05, 4.69) is 26.0 Å². The van der Waals surface area contributed by atoms with E-state index in [0.717, 1.165) is 24.4 Å². The second-order valence-electron chi connectivity index (χ2n) is 7.47. The molecule has 0 aliphatic heterocycles. The lowest BCUT2D eigenvalue weighted by atomic mass is 10.0. The van der Waals surface area contributed by atoms with Crippen LogP contribution in [-0.2, 0) is 4.79 Å². The van der Waals surface area contributed by atoms with Gasteiger partial charge in [-0.15, -0.1) is 0 Å². The zero-order valence-electron chi connectivity index (χ0n) is 18.4. The quantitative estimate of drug-likeness (QED) is 0.201. The van der Waals surface area contributed by atoms with Gasteiger partial charge < -0.3 is 10.4 Å². The molecular weight excluding hydrogens is 468 g/mol. The van der Waals surface area contributed by atoms with Crippen molar-refractivity contribution in [3.05, 3.63) is 110 Å². The molecule has 1 atom stereocenters. The van der Waals surface area contributed by atoms with Crippen LogP contribution in [0.5, 0.6) is 5.75 Å². The number of non-ortho nitro benzene ring substituents is 1. The van der Waals surface area contributed by atoms with Gasteiger partial charge in [-0.2, -0.15) is 10.2 Å². The van der Waals surface area contributed by atoms with Crippen LogP contribution in [-0.4, -0.2) is 33.1 Å². The Morgan fingerprint density at radius 3 is 2.44 bits per heavy atom. The maximum absolute atomic E-state index is 13.1. The van der Waals surface area contributed by atoms with Crippen LogP contribution in [0, 0.1) is 10.1 Å². The lowest BCUT2D eigenvalue weighted by Crippen LogP contribution is -2.40. The highest BCUT2D eigenvalue weighted by Gasteiger charge is 2.27. The number of rotatable bonds is 7. The van der Waals surface area contributed by atoms with Crippen molar-refractivity contribution in [2.45, 2.75) is 6.04 Å². The molecular formula is C24H17N6O6-. The number of H-pyrrole nitrogens is 1. The summed E-state index contributed by atoms with van der Waals surface area (Å²) in [5.41, 5.74) is 1.63. The van der Waals surface area contributed by atoms with Crippen LogP contribution in [0.25, 0.3) is 10.8 Å². The van der Waals surface area contributed by atoms with E-state index in [9.17, 15) is 29.6 Å². The van der Waals surface area contributed by atoms with E-state index in [1.165, 1.54) is 0 Å². The highest BCUT2D eigenvalue weighted by Crippen LogP contribution is 2.21. The minimum Gasteiger partial charge on any atom is -0.872 e. The molecule has 4 rings (SSSR count). The van der Waals surface area contributed by atoms with Gasteiger partial charge >= 0.3 is 0 Å². The standard InChI is InChI=1S/C24H18N6O6/c31-19-11-10-16(30(35)36)12-15(19)13-25-28-24(34)21(26-22(32)14-6-2-1-3-7-14)20-17-8-4-5-9-18(17)23(33)29-27-20/h1-13,21,31H,(H,26,32)(H,28,34)(H,29,33)/p-1/t21-/m0/s1. The van der Waals surface area contributed by atoms with E-state index in [-0.39, 0.29) is 27.9 Å². The predicted octanol–water partition coefficient (Wildman–Crippen LogP) is 1.53. The Bertz CT molecular complexity index is 1550. The molecule has 3 N–H and O–H groups in total. The van der Waals surface area contributed by atoms with Gasteiger partial charge in [-0.1, -0.05) is 48.2 Å². The smallest absolute Gasteiger partial charge is 0.272 e. The van der Waals surface area contributed by atoms with Gasteiger partial charge in [0.2, 0.25) is 0 Å². The largest absolute Gasteiger partial charge is 0.872 e. The monoisotopic (exact) mass is 485 g/mol. The summed E-state index contributed by atoms with van der Waals surface area (Å²) in [6.07, 6.45) is 0.960. The number of hydrazone groups is 1. The number of nitrogens with zero attached hydrogens (tertiary/aromatic N) is 3. The minimum atomic E-state index is -1.39. The molecule has 3 aromatic carbocycles. The molecule has 1 aromatic heterocycles. The number of benzene rings is 3. The number of carbonyl (C=O) groups excluding carboxylic acids is 2. The fourth-order valence-corrected chi connectivity index (χ4v) is 3.40. The molecule has 0 unspecified atom stereocenters. The highest BCUT2D eigenvalue weighted by atomic mass is 16.6. The summed E-state index contributed by atoms with van der Waals surface area (Å²) in [7, 11) is 0. The first-order chi connectivity index (χ1) is 17.3. The van der Waals surface area contributed by atoms with Crippen molar-refractivity contribution >= 4 is 34.5 Å². The number of nitrogens with one attached hydrogen (secondary N) is 3. The van der Waals surface area contributed by atoms with E-state index in [0.29, 0.717) is 5.39 Å². The molecule has 0 aliphatic carbocycles. The highest BCUT2D eigenvalue weighted by molar-refractivity contribution is 5.99. The summed E-state index contributed by atoms with van der Waals surface area (Å²) < 4.78 is 0. The van der Waals surface area contributed by atoms with Crippen molar-refractivity contribution in [1.82, 2.24) is 20.9 Å². The molecule has 0 radical (unpaired) electrons. The van der Waals surface area contributed by atoms with Crippen molar-refractivity contribution in [3.63, 3.8) is 0 Å². The second kappa shape index (κ2) is 10.3. The summed E-state index contributed by atoms with van der Waals surface area (Å²) in [5, 5.41) is 36.2. The Labute approximate surface area is 202 Å². The second-order valence-corrected chi connectivity index (χ2v) is 7.47. The number of hydrogen-bond acceptors (Lipinski definition) is 8. The van der Waals surface area contributed by atoms with Gasteiger partial charge in [-0.25, -0.2) is 10.5 Å². The molecule has 0 bridgehead atoms. The van der Waals surface area contributed by atoms with E-state index < -0.39 is 34.1 Å². The van der Waals surface area contributed by atoms with Crippen LogP contribution in [0.4, 0.5) is 5.69 Å². The molecule has 0 saturated heterocycles. The van der Waals surface area contributed by atoms with Gasteiger partial charge in [-0.05, 0) is 23.8 Å². The van der Waals surface area contributed by atoms with Gasteiger partial charge in [0.05, 0.1) is 16.5 Å². The van der Waals surface area contributed by atoms with Gasteiger partial charge in [0.1, 0.15) is 5.69 Å². The van der Waals surface area contributed by atoms with Crippen molar-refractivity contribution < 1.29 is 19.6 Å². The first-order valence-electron chi connectivity index (χ1n) is 10.5.